The first kappa shape index (κ1) is 9.53. The van der Waals surface area contributed by atoms with Gasteiger partial charge in [0.1, 0.15) is 0 Å². The van der Waals surface area contributed by atoms with Crippen molar-refractivity contribution in [3.05, 3.63) is 26.6 Å². The third-order valence-electron chi connectivity index (χ3n) is 2.11. The van der Waals surface area contributed by atoms with Gasteiger partial charge in [0.25, 0.3) is 0 Å². The maximum Gasteiger partial charge on any atom is 0.0631 e. The first-order chi connectivity index (χ1) is 6.16. The molecule has 1 saturated carbocycles. The van der Waals surface area contributed by atoms with Gasteiger partial charge in [0, 0.05) is 15.0 Å². The molecule has 3 heteroatoms. The molecule has 0 unspecified atom stereocenters. The summed E-state index contributed by atoms with van der Waals surface area (Å²) in [5.41, 5.74) is 2.45. The minimum Gasteiger partial charge on any atom is -0.380 e. The second-order valence-electron chi connectivity index (χ2n) is 3.52. The fourth-order valence-corrected chi connectivity index (χ4v) is 2.91. The lowest BCUT2D eigenvalue weighted by atomic mass is 10.2. The molecule has 0 heterocycles. The maximum absolute atomic E-state index is 3.56. The van der Waals surface area contributed by atoms with Crippen LogP contribution in [0.1, 0.15) is 18.4 Å². The molecule has 1 N–H and O–H groups in total. The van der Waals surface area contributed by atoms with E-state index in [0.29, 0.717) is 6.04 Å². The molecule has 0 saturated heterocycles. The molecule has 0 bridgehead atoms. The van der Waals surface area contributed by atoms with Crippen molar-refractivity contribution in [3.8, 4) is 0 Å². The van der Waals surface area contributed by atoms with Gasteiger partial charge in [-0.2, -0.15) is 0 Å². The Kier molecular flexibility index (Phi) is 2.65. The van der Waals surface area contributed by atoms with Gasteiger partial charge in [-0.05, 0) is 69.3 Å². The van der Waals surface area contributed by atoms with Crippen LogP contribution in [0.5, 0.6) is 0 Å². The number of hydrogen-bond acceptors (Lipinski definition) is 1. The molecule has 13 heavy (non-hydrogen) atoms. The average molecular weight is 305 g/mol. The van der Waals surface area contributed by atoms with E-state index >= 15 is 0 Å². The summed E-state index contributed by atoms with van der Waals surface area (Å²) in [7, 11) is 0. The van der Waals surface area contributed by atoms with Crippen LogP contribution in [-0.4, -0.2) is 6.04 Å². The van der Waals surface area contributed by atoms with Crippen LogP contribution in [0.15, 0.2) is 21.1 Å². The predicted octanol–water partition coefficient (Wildman–Crippen LogP) is 4.09. The van der Waals surface area contributed by atoms with E-state index in [4.69, 9.17) is 0 Å². The Balaban J connectivity index is 2.31. The lowest BCUT2D eigenvalue weighted by Crippen LogP contribution is -2.02. The molecule has 70 valence electrons. The van der Waals surface area contributed by atoms with Gasteiger partial charge in [-0.3, -0.25) is 0 Å². The van der Waals surface area contributed by atoms with Crippen molar-refractivity contribution in [1.29, 1.82) is 0 Å². The Morgan fingerprint density at radius 2 is 1.77 bits per heavy atom. The van der Waals surface area contributed by atoms with E-state index in [9.17, 15) is 0 Å². The normalized spacial score (nSPS) is 15.9. The molecule has 1 nitrogen and oxygen atoms in total. The van der Waals surface area contributed by atoms with Gasteiger partial charge in [-0.15, -0.1) is 0 Å². The van der Waals surface area contributed by atoms with Crippen LogP contribution in [0, 0.1) is 6.92 Å². The van der Waals surface area contributed by atoms with Gasteiger partial charge >= 0.3 is 0 Å². The predicted molar refractivity (Wildman–Crippen MR) is 63.2 cm³/mol. The van der Waals surface area contributed by atoms with Gasteiger partial charge in [-0.1, -0.05) is 0 Å². The highest BCUT2D eigenvalue weighted by Gasteiger charge is 2.22. The molecule has 1 aliphatic rings. The summed E-state index contributed by atoms with van der Waals surface area (Å²) >= 11 is 7.12. The van der Waals surface area contributed by atoms with E-state index in [2.05, 4.69) is 56.2 Å². The fraction of sp³-hybridized carbons (Fsp3) is 0.400. The third-order valence-corrected chi connectivity index (χ3v) is 3.36. The zero-order valence-corrected chi connectivity index (χ0v) is 10.6. The Morgan fingerprint density at radius 1 is 1.23 bits per heavy atom. The monoisotopic (exact) mass is 303 g/mol. The molecule has 1 aromatic carbocycles. The summed E-state index contributed by atoms with van der Waals surface area (Å²) in [6.07, 6.45) is 2.60. The van der Waals surface area contributed by atoms with Crippen molar-refractivity contribution in [3.63, 3.8) is 0 Å². The van der Waals surface area contributed by atoms with Gasteiger partial charge < -0.3 is 5.32 Å². The maximum atomic E-state index is 3.56. The van der Waals surface area contributed by atoms with Crippen LogP contribution in [0.25, 0.3) is 0 Å². The summed E-state index contributed by atoms with van der Waals surface area (Å²) < 4.78 is 2.29. The first-order valence-electron chi connectivity index (χ1n) is 4.39. The number of halogens is 2. The van der Waals surface area contributed by atoms with Crippen LogP contribution >= 0.6 is 31.9 Å². The number of benzene rings is 1. The fourth-order valence-electron chi connectivity index (χ4n) is 1.27. The lowest BCUT2D eigenvalue weighted by Gasteiger charge is -2.10. The van der Waals surface area contributed by atoms with E-state index in [0.717, 1.165) is 8.95 Å². The molecule has 1 fully saturated rings. The zero-order valence-electron chi connectivity index (χ0n) is 7.40. The number of aryl methyl sites for hydroxylation is 1. The van der Waals surface area contributed by atoms with Crippen LogP contribution in [0.2, 0.25) is 0 Å². The van der Waals surface area contributed by atoms with Crippen molar-refractivity contribution < 1.29 is 0 Å². The van der Waals surface area contributed by atoms with Crippen LogP contribution < -0.4 is 5.32 Å². The topological polar surface area (TPSA) is 12.0 Å². The second-order valence-corrected chi connectivity index (χ2v) is 5.23. The van der Waals surface area contributed by atoms with E-state index < -0.39 is 0 Å². The number of nitrogens with one attached hydrogen (secondary N) is 1. The van der Waals surface area contributed by atoms with E-state index in [1.165, 1.54) is 24.1 Å². The van der Waals surface area contributed by atoms with Gasteiger partial charge in [0.05, 0.1) is 5.69 Å². The van der Waals surface area contributed by atoms with E-state index in [1.54, 1.807) is 0 Å². The third kappa shape index (κ3) is 2.26. The van der Waals surface area contributed by atoms with Gasteiger partial charge in [0.2, 0.25) is 0 Å². The molecule has 1 aromatic rings. The largest absolute Gasteiger partial charge is 0.380 e. The molecular weight excluding hydrogens is 294 g/mol. The Hall–Kier alpha value is -0.0200. The second kappa shape index (κ2) is 3.62. The Morgan fingerprint density at radius 3 is 2.23 bits per heavy atom. The van der Waals surface area contributed by atoms with E-state index in [1.807, 2.05) is 0 Å². The van der Waals surface area contributed by atoms with E-state index in [-0.39, 0.29) is 0 Å². The van der Waals surface area contributed by atoms with Crippen molar-refractivity contribution >= 4 is 37.5 Å². The first-order valence-corrected chi connectivity index (χ1v) is 5.97. The number of rotatable bonds is 2. The summed E-state index contributed by atoms with van der Waals surface area (Å²) in [4.78, 5) is 0. The van der Waals surface area contributed by atoms with Gasteiger partial charge in [-0.25, -0.2) is 0 Å². The minimum atomic E-state index is 0.690. The smallest absolute Gasteiger partial charge is 0.0631 e. The molecule has 0 amide bonds. The molecule has 1 aliphatic carbocycles. The SMILES string of the molecule is Cc1cc(Br)c(NC2CC2)c(Br)c1. The highest BCUT2D eigenvalue weighted by Crippen LogP contribution is 2.35. The molecule has 0 spiro atoms. The van der Waals surface area contributed by atoms with Crippen LogP contribution in [0.4, 0.5) is 5.69 Å². The standard InChI is InChI=1S/C10H11Br2N/c1-6-4-8(11)10(9(12)5-6)13-7-2-3-7/h4-5,7,13H,2-3H2,1H3. The average Bonchev–Trinajstić information content (AvgIpc) is 2.79. The summed E-state index contributed by atoms with van der Waals surface area (Å²) in [5, 5.41) is 3.49. The Labute approximate surface area is 95.2 Å². The minimum absolute atomic E-state index is 0.690. The molecule has 2 rings (SSSR count). The molecule has 0 aliphatic heterocycles. The Bertz CT molecular complexity index is 309. The highest BCUT2D eigenvalue weighted by atomic mass is 79.9. The molecule has 0 radical (unpaired) electrons. The molecule has 0 aromatic heterocycles. The quantitative estimate of drug-likeness (QED) is 0.867. The summed E-state index contributed by atoms with van der Waals surface area (Å²) in [6, 6.07) is 4.96. The van der Waals surface area contributed by atoms with Crippen molar-refractivity contribution in [2.24, 2.45) is 0 Å². The van der Waals surface area contributed by atoms with Crippen LogP contribution in [0.3, 0.4) is 0 Å². The number of anilines is 1. The number of hydrogen-bond donors (Lipinski definition) is 1. The summed E-state index contributed by atoms with van der Waals surface area (Å²) in [6.45, 7) is 2.09. The van der Waals surface area contributed by atoms with Crippen molar-refractivity contribution in [2.75, 3.05) is 5.32 Å². The van der Waals surface area contributed by atoms with Crippen molar-refractivity contribution in [2.45, 2.75) is 25.8 Å². The lowest BCUT2D eigenvalue weighted by molar-refractivity contribution is 1.14. The molecule has 0 atom stereocenters. The zero-order chi connectivity index (χ0) is 9.42. The van der Waals surface area contributed by atoms with Crippen molar-refractivity contribution in [1.82, 2.24) is 0 Å². The summed E-state index contributed by atoms with van der Waals surface area (Å²) in [5.74, 6) is 0. The van der Waals surface area contributed by atoms with Gasteiger partial charge in [0.15, 0.2) is 0 Å². The van der Waals surface area contributed by atoms with Crippen LogP contribution in [-0.2, 0) is 0 Å². The highest BCUT2D eigenvalue weighted by molar-refractivity contribution is 9.11. The molecular formula is C10H11Br2N.